The Morgan fingerprint density at radius 2 is 0.870 bits per heavy atom. The van der Waals surface area contributed by atoms with Crippen LogP contribution in [0.15, 0.2) is 265 Å². The smallest absolute Gasteiger partial charge is 0.136 e. The third-order valence-electron chi connectivity index (χ3n) is 14.7. The van der Waals surface area contributed by atoms with E-state index in [2.05, 4.69) is 266 Å². The van der Waals surface area contributed by atoms with Crippen molar-refractivity contribution in [1.82, 2.24) is 0 Å². The normalized spacial score (nSPS) is 12.8. The van der Waals surface area contributed by atoms with Gasteiger partial charge in [-0.1, -0.05) is 200 Å². The van der Waals surface area contributed by atoms with Gasteiger partial charge in [-0.25, -0.2) is 0 Å². The molecule has 2 heteroatoms. The average Bonchev–Trinajstić information content (AvgIpc) is 3.93. The molecule has 0 fully saturated rings. The zero-order chi connectivity index (χ0) is 45.5. The molecule has 0 bridgehead atoms. The summed E-state index contributed by atoms with van der Waals surface area (Å²) in [5.41, 5.74) is 16.6. The van der Waals surface area contributed by atoms with Gasteiger partial charge in [0.15, 0.2) is 0 Å². The highest BCUT2D eigenvalue weighted by atomic mass is 16.3. The van der Waals surface area contributed by atoms with Gasteiger partial charge in [0.2, 0.25) is 0 Å². The Balaban J connectivity index is 0.973. The maximum atomic E-state index is 6.51. The Hall–Kier alpha value is -8.98. The molecule has 322 valence electrons. The Labute approximate surface area is 400 Å². The summed E-state index contributed by atoms with van der Waals surface area (Å²) in [4.78, 5) is 2.46. The fourth-order valence-corrected chi connectivity index (χ4v) is 11.5. The van der Waals surface area contributed by atoms with E-state index in [0.717, 1.165) is 50.1 Å². The lowest BCUT2D eigenvalue weighted by molar-refractivity contribution is 0.669. The van der Waals surface area contributed by atoms with Crippen LogP contribution in [0.3, 0.4) is 0 Å². The Kier molecular flexibility index (Phi) is 8.84. The zero-order valence-corrected chi connectivity index (χ0v) is 37.7. The highest BCUT2D eigenvalue weighted by Gasteiger charge is 2.46. The molecule has 12 aromatic carbocycles. The Morgan fingerprint density at radius 1 is 0.290 bits per heavy atom. The van der Waals surface area contributed by atoms with E-state index < -0.39 is 5.41 Å². The van der Waals surface area contributed by atoms with Crippen molar-refractivity contribution >= 4 is 71.3 Å². The molecule has 2 nitrogen and oxygen atoms in total. The molecule has 0 atom stereocenters. The number of benzene rings is 12. The van der Waals surface area contributed by atoms with Crippen LogP contribution in [0.1, 0.15) is 22.3 Å². The third-order valence-corrected chi connectivity index (χ3v) is 14.7. The van der Waals surface area contributed by atoms with Crippen LogP contribution in [-0.2, 0) is 5.41 Å². The van der Waals surface area contributed by atoms with Crippen LogP contribution in [0.25, 0.3) is 87.6 Å². The van der Waals surface area contributed by atoms with Crippen molar-refractivity contribution in [3.63, 3.8) is 0 Å². The van der Waals surface area contributed by atoms with Gasteiger partial charge in [0.1, 0.15) is 11.2 Å². The van der Waals surface area contributed by atoms with Crippen molar-refractivity contribution in [2.24, 2.45) is 0 Å². The molecule has 13 aromatic rings. The van der Waals surface area contributed by atoms with Crippen LogP contribution in [0.5, 0.6) is 0 Å². The van der Waals surface area contributed by atoms with Crippen molar-refractivity contribution in [3.05, 3.63) is 283 Å². The topological polar surface area (TPSA) is 16.4 Å². The van der Waals surface area contributed by atoms with Crippen LogP contribution >= 0.6 is 0 Å². The quantitative estimate of drug-likeness (QED) is 0.148. The van der Waals surface area contributed by atoms with Crippen LogP contribution in [0.4, 0.5) is 17.1 Å². The molecule has 0 N–H and O–H groups in total. The lowest BCUT2D eigenvalue weighted by Crippen LogP contribution is -2.28. The Bertz CT molecular complexity index is 4090. The molecule has 1 aliphatic carbocycles. The molecule has 0 saturated heterocycles. The SMILES string of the molecule is c1ccc(C2(c3ccccc3)c3ccccc3-c3ccc(N(c4ccc(-c5ccc6c(ccc7ccccc76)c5)cc4)c4ccccc4-c4ccc5oc6cc7ccccc7cc6c5c4)cc32)cc1. The second-order valence-electron chi connectivity index (χ2n) is 18.4. The van der Waals surface area contributed by atoms with Gasteiger partial charge in [0.25, 0.3) is 0 Å². The number of anilines is 3. The van der Waals surface area contributed by atoms with E-state index in [0.29, 0.717) is 0 Å². The molecule has 1 aromatic heterocycles. The first-order valence-electron chi connectivity index (χ1n) is 23.8. The summed E-state index contributed by atoms with van der Waals surface area (Å²) < 4.78 is 6.51. The van der Waals surface area contributed by atoms with E-state index in [-0.39, 0.29) is 0 Å². The van der Waals surface area contributed by atoms with Gasteiger partial charge in [0.05, 0.1) is 11.1 Å². The minimum Gasteiger partial charge on any atom is -0.456 e. The average molecular weight is 878 g/mol. The van der Waals surface area contributed by atoms with Crippen molar-refractivity contribution in [1.29, 1.82) is 0 Å². The number of hydrogen-bond acceptors (Lipinski definition) is 2. The fraction of sp³-hybridized carbons (Fsp3) is 0.0149. The van der Waals surface area contributed by atoms with Gasteiger partial charge in [-0.05, 0) is 143 Å². The number of nitrogens with zero attached hydrogens (tertiary/aromatic N) is 1. The molecule has 0 radical (unpaired) electrons. The lowest BCUT2D eigenvalue weighted by atomic mass is 9.67. The monoisotopic (exact) mass is 877 g/mol. The first-order valence-corrected chi connectivity index (χ1v) is 23.8. The molecule has 0 aliphatic heterocycles. The minimum absolute atomic E-state index is 0.543. The third kappa shape index (κ3) is 6.12. The van der Waals surface area contributed by atoms with E-state index in [1.807, 2.05) is 0 Å². The fourth-order valence-electron chi connectivity index (χ4n) is 11.5. The van der Waals surface area contributed by atoms with Gasteiger partial charge in [-0.15, -0.1) is 0 Å². The van der Waals surface area contributed by atoms with Crippen LogP contribution < -0.4 is 4.90 Å². The number of furan rings is 1. The second-order valence-corrected chi connectivity index (χ2v) is 18.4. The van der Waals surface area contributed by atoms with Gasteiger partial charge in [-0.3, -0.25) is 0 Å². The molecular weight excluding hydrogens is 835 g/mol. The molecule has 1 aliphatic rings. The van der Waals surface area contributed by atoms with E-state index in [1.165, 1.54) is 76.8 Å². The lowest BCUT2D eigenvalue weighted by Gasteiger charge is -2.35. The van der Waals surface area contributed by atoms with Crippen LogP contribution in [-0.4, -0.2) is 0 Å². The number of para-hydroxylation sites is 1. The van der Waals surface area contributed by atoms with Gasteiger partial charge >= 0.3 is 0 Å². The largest absolute Gasteiger partial charge is 0.456 e. The van der Waals surface area contributed by atoms with E-state index in [9.17, 15) is 0 Å². The summed E-state index contributed by atoms with van der Waals surface area (Å²) in [7, 11) is 0. The van der Waals surface area contributed by atoms with Crippen LogP contribution in [0.2, 0.25) is 0 Å². The van der Waals surface area contributed by atoms with Crippen LogP contribution in [0, 0.1) is 0 Å². The highest BCUT2D eigenvalue weighted by molar-refractivity contribution is 6.12. The predicted molar refractivity (Wildman–Crippen MR) is 289 cm³/mol. The van der Waals surface area contributed by atoms with Crippen molar-refractivity contribution < 1.29 is 4.42 Å². The maximum Gasteiger partial charge on any atom is 0.136 e. The maximum absolute atomic E-state index is 6.51. The molecule has 0 spiro atoms. The number of rotatable bonds is 7. The summed E-state index contributed by atoms with van der Waals surface area (Å²) in [5.74, 6) is 0. The second kappa shape index (κ2) is 15.6. The first-order chi connectivity index (χ1) is 34.2. The standard InChI is InChI=1S/C67H43NO/c1-3-18-51(19-4-1)67(52-20-5-2-6-21-52)62-25-13-11-24-58(62)59-37-35-54(43-63(59)67)68(53-33-29-44(30-34-53)48-31-36-56-49(39-48)28-27-45-15-9-10-22-55(45)56)64-26-14-12-23-57(64)50-32-38-65-60(41-50)61-40-46-16-7-8-17-47(46)42-66(61)69-65/h1-43H. The van der Waals surface area contributed by atoms with Crippen molar-refractivity contribution in [2.45, 2.75) is 5.41 Å². The molecule has 0 unspecified atom stereocenters. The highest BCUT2D eigenvalue weighted by Crippen LogP contribution is 2.57. The number of fused-ring (bicyclic) bond motifs is 10. The summed E-state index contributed by atoms with van der Waals surface area (Å²) in [6, 6.07) is 95.8. The summed E-state index contributed by atoms with van der Waals surface area (Å²) in [6.45, 7) is 0. The summed E-state index contributed by atoms with van der Waals surface area (Å²) >= 11 is 0. The predicted octanol–water partition coefficient (Wildman–Crippen LogP) is 18.2. The van der Waals surface area contributed by atoms with E-state index >= 15 is 0 Å². The first kappa shape index (κ1) is 39.2. The molecule has 69 heavy (non-hydrogen) atoms. The van der Waals surface area contributed by atoms with Gasteiger partial charge in [0, 0.05) is 27.7 Å². The van der Waals surface area contributed by atoms with E-state index in [1.54, 1.807) is 0 Å². The van der Waals surface area contributed by atoms with Crippen molar-refractivity contribution in [3.8, 4) is 33.4 Å². The molecule has 14 rings (SSSR count). The zero-order valence-electron chi connectivity index (χ0n) is 37.7. The van der Waals surface area contributed by atoms with E-state index in [4.69, 9.17) is 4.42 Å². The summed E-state index contributed by atoms with van der Waals surface area (Å²) in [5, 5.41) is 9.64. The molecule has 0 saturated carbocycles. The van der Waals surface area contributed by atoms with Gasteiger partial charge < -0.3 is 9.32 Å². The van der Waals surface area contributed by atoms with Crippen molar-refractivity contribution in [2.75, 3.05) is 4.90 Å². The molecule has 1 heterocycles. The number of hydrogen-bond donors (Lipinski definition) is 0. The molecule has 0 amide bonds. The van der Waals surface area contributed by atoms with Gasteiger partial charge in [-0.2, -0.15) is 0 Å². The minimum atomic E-state index is -0.543. The Morgan fingerprint density at radius 3 is 1.67 bits per heavy atom. The summed E-state index contributed by atoms with van der Waals surface area (Å²) in [6.07, 6.45) is 0. The molecular formula is C67H43NO.